The number of aromatic hydroxyl groups is 1. The molecule has 3 aromatic rings. The highest BCUT2D eigenvalue weighted by molar-refractivity contribution is 6.30. The zero-order valence-corrected chi connectivity index (χ0v) is 18.7. The van der Waals surface area contributed by atoms with Crippen molar-refractivity contribution in [3.8, 4) is 11.5 Å². The number of fused-ring (bicyclic) bond motifs is 1. The summed E-state index contributed by atoms with van der Waals surface area (Å²) in [5.41, 5.74) is 2.85. The van der Waals surface area contributed by atoms with Gasteiger partial charge in [0.2, 0.25) is 5.91 Å². The fourth-order valence-corrected chi connectivity index (χ4v) is 4.52. The van der Waals surface area contributed by atoms with E-state index in [1.165, 1.54) is 18.1 Å². The zero-order chi connectivity index (χ0) is 23.3. The Hall–Kier alpha value is -3.55. The first-order chi connectivity index (χ1) is 15.9. The summed E-state index contributed by atoms with van der Waals surface area (Å²) in [6.07, 6.45) is -0.987. The predicted molar refractivity (Wildman–Crippen MR) is 123 cm³/mol. The molecule has 2 saturated heterocycles. The summed E-state index contributed by atoms with van der Waals surface area (Å²) in [6.45, 7) is 1.94. The first-order valence-electron chi connectivity index (χ1n) is 10.4. The van der Waals surface area contributed by atoms with Crippen LogP contribution in [0.5, 0.6) is 11.5 Å². The fraction of sp³-hybridized carbons (Fsp3) is 0.200. The minimum absolute atomic E-state index is 0.0233. The Morgan fingerprint density at radius 3 is 2.27 bits per heavy atom. The quantitative estimate of drug-likeness (QED) is 0.576. The van der Waals surface area contributed by atoms with Crippen LogP contribution in [0.25, 0.3) is 0 Å². The van der Waals surface area contributed by atoms with Crippen molar-refractivity contribution < 1.29 is 24.3 Å². The van der Waals surface area contributed by atoms with Crippen LogP contribution in [0, 0.1) is 12.8 Å². The van der Waals surface area contributed by atoms with Crippen molar-refractivity contribution in [2.75, 3.05) is 17.1 Å². The van der Waals surface area contributed by atoms with E-state index in [4.69, 9.17) is 21.2 Å². The third kappa shape index (κ3) is 3.50. The van der Waals surface area contributed by atoms with Gasteiger partial charge in [-0.3, -0.25) is 14.4 Å². The van der Waals surface area contributed by atoms with Crippen LogP contribution in [0.15, 0.2) is 66.7 Å². The molecule has 0 unspecified atom stereocenters. The molecule has 0 spiro atoms. The van der Waals surface area contributed by atoms with Gasteiger partial charge < -0.3 is 9.84 Å². The number of methoxy groups -OCH3 is 1. The number of amides is 2. The summed E-state index contributed by atoms with van der Waals surface area (Å²) >= 11 is 6.05. The summed E-state index contributed by atoms with van der Waals surface area (Å²) in [4.78, 5) is 34.3. The second-order valence-electron chi connectivity index (χ2n) is 8.08. The first-order valence-corrected chi connectivity index (χ1v) is 10.8. The second-order valence-corrected chi connectivity index (χ2v) is 8.51. The summed E-state index contributed by atoms with van der Waals surface area (Å²) in [5, 5.41) is 12.2. The van der Waals surface area contributed by atoms with E-state index < -0.39 is 24.0 Å². The van der Waals surface area contributed by atoms with Crippen molar-refractivity contribution in [1.82, 2.24) is 0 Å². The number of nitrogens with zero attached hydrogens (tertiary/aromatic N) is 2. The number of hydrogen-bond donors (Lipinski definition) is 1. The van der Waals surface area contributed by atoms with E-state index in [1.54, 1.807) is 53.6 Å². The van der Waals surface area contributed by atoms with Gasteiger partial charge in [-0.05, 0) is 61.0 Å². The highest BCUT2D eigenvalue weighted by Gasteiger charge is 2.60. The van der Waals surface area contributed by atoms with Crippen molar-refractivity contribution in [2.24, 2.45) is 5.92 Å². The zero-order valence-electron chi connectivity index (χ0n) is 17.9. The van der Waals surface area contributed by atoms with Gasteiger partial charge in [-0.2, -0.15) is 0 Å². The fourth-order valence-electron chi connectivity index (χ4n) is 4.39. The van der Waals surface area contributed by atoms with E-state index >= 15 is 0 Å². The smallest absolute Gasteiger partial charge is 0.266 e. The maximum Gasteiger partial charge on any atom is 0.266 e. The lowest BCUT2D eigenvalue weighted by atomic mass is 9.90. The largest absolute Gasteiger partial charge is 0.504 e. The number of halogens is 1. The van der Waals surface area contributed by atoms with Gasteiger partial charge in [-0.1, -0.05) is 35.4 Å². The van der Waals surface area contributed by atoms with Crippen molar-refractivity contribution in [3.05, 3.63) is 82.9 Å². The van der Waals surface area contributed by atoms with Gasteiger partial charge in [0.05, 0.1) is 24.5 Å². The Morgan fingerprint density at radius 2 is 1.61 bits per heavy atom. The summed E-state index contributed by atoms with van der Waals surface area (Å²) in [7, 11) is 1.45. The molecule has 0 aliphatic carbocycles. The molecule has 2 aliphatic heterocycles. The van der Waals surface area contributed by atoms with Gasteiger partial charge in [0.15, 0.2) is 17.6 Å². The highest BCUT2D eigenvalue weighted by atomic mass is 35.5. The average Bonchev–Trinajstić information content (AvgIpc) is 3.32. The molecule has 7 nitrogen and oxygen atoms in total. The minimum atomic E-state index is -0.987. The number of carbonyl (C=O) groups is 2. The van der Waals surface area contributed by atoms with Gasteiger partial charge in [-0.25, -0.2) is 9.96 Å². The van der Waals surface area contributed by atoms with Crippen LogP contribution in [0.4, 0.5) is 11.4 Å². The number of phenolic OH excluding ortho intramolecular Hbond substituents is 1. The molecule has 0 saturated carbocycles. The monoisotopic (exact) mass is 464 g/mol. The molecular formula is C25H21ClN2O5. The molecule has 0 bridgehead atoms. The van der Waals surface area contributed by atoms with Crippen LogP contribution in [0.2, 0.25) is 5.02 Å². The maximum absolute atomic E-state index is 13.6. The Kier molecular flexibility index (Phi) is 5.23. The van der Waals surface area contributed by atoms with Crippen LogP contribution in [-0.2, 0) is 14.4 Å². The number of anilines is 2. The van der Waals surface area contributed by atoms with Crippen molar-refractivity contribution >= 4 is 34.8 Å². The lowest BCUT2D eigenvalue weighted by Gasteiger charge is -2.29. The summed E-state index contributed by atoms with van der Waals surface area (Å²) in [6, 6.07) is 18.4. The van der Waals surface area contributed by atoms with Gasteiger partial charge in [0.25, 0.3) is 5.91 Å². The van der Waals surface area contributed by atoms with E-state index in [-0.39, 0.29) is 17.4 Å². The number of hydrogen-bond acceptors (Lipinski definition) is 6. The van der Waals surface area contributed by atoms with Gasteiger partial charge >= 0.3 is 0 Å². The highest BCUT2D eigenvalue weighted by Crippen LogP contribution is 2.48. The number of hydroxylamine groups is 1. The minimum Gasteiger partial charge on any atom is -0.504 e. The number of aryl methyl sites for hydroxylation is 1. The number of ether oxygens (including phenoxy) is 1. The molecule has 5 rings (SSSR count). The van der Waals surface area contributed by atoms with Crippen LogP contribution in [-0.4, -0.2) is 30.1 Å². The lowest BCUT2D eigenvalue weighted by molar-refractivity contribution is -0.126. The number of benzene rings is 3. The number of carbonyl (C=O) groups excluding carboxylic acids is 2. The molecule has 3 atom stereocenters. The summed E-state index contributed by atoms with van der Waals surface area (Å²) in [5.74, 6) is -1.31. The molecule has 2 heterocycles. The van der Waals surface area contributed by atoms with Gasteiger partial charge in [-0.15, -0.1) is 0 Å². The number of phenols is 1. The first kappa shape index (κ1) is 21.3. The van der Waals surface area contributed by atoms with Crippen molar-refractivity contribution in [3.63, 3.8) is 0 Å². The lowest BCUT2D eigenvalue weighted by Crippen LogP contribution is -2.37. The van der Waals surface area contributed by atoms with Crippen LogP contribution >= 0.6 is 11.6 Å². The van der Waals surface area contributed by atoms with E-state index in [1.807, 2.05) is 19.1 Å². The second kappa shape index (κ2) is 8.10. The topological polar surface area (TPSA) is 79.3 Å². The van der Waals surface area contributed by atoms with Crippen LogP contribution in [0.3, 0.4) is 0 Å². The molecule has 2 fully saturated rings. The number of imide groups is 1. The summed E-state index contributed by atoms with van der Waals surface area (Å²) < 4.78 is 5.27. The van der Waals surface area contributed by atoms with Crippen molar-refractivity contribution in [1.29, 1.82) is 0 Å². The average molecular weight is 465 g/mol. The molecule has 168 valence electrons. The van der Waals surface area contributed by atoms with Gasteiger partial charge in [0.1, 0.15) is 5.92 Å². The molecular weight excluding hydrogens is 444 g/mol. The maximum atomic E-state index is 13.6. The molecule has 8 heteroatoms. The van der Waals surface area contributed by atoms with E-state index in [0.717, 1.165) is 5.56 Å². The van der Waals surface area contributed by atoms with Crippen LogP contribution < -0.4 is 14.7 Å². The Labute approximate surface area is 195 Å². The van der Waals surface area contributed by atoms with E-state index in [2.05, 4.69) is 0 Å². The Balaban J connectivity index is 1.60. The molecule has 2 aliphatic rings. The van der Waals surface area contributed by atoms with E-state index in [0.29, 0.717) is 22.0 Å². The standard InChI is InChI=1S/C25H21ClN2O5/c1-14-3-8-17(9-4-14)27-24(30)21-22(15-5-12-19(29)20(13-15)32-2)28(33-23(21)25(27)31)18-10-6-16(26)7-11-18/h3-13,21-23,29H,1-2H3/t21-,22-,23-/m1/s1. The van der Waals surface area contributed by atoms with Gasteiger partial charge in [0, 0.05) is 5.02 Å². The predicted octanol–water partition coefficient (Wildman–Crippen LogP) is 4.41. The SMILES string of the molecule is COc1cc([C@@H]2[C@H]3C(=O)N(c4ccc(C)cc4)C(=O)[C@@H]3ON2c2ccc(Cl)cc2)ccc1O. The van der Waals surface area contributed by atoms with Crippen LogP contribution in [0.1, 0.15) is 17.2 Å². The molecule has 2 amide bonds. The third-order valence-corrected chi connectivity index (χ3v) is 6.29. The normalized spacial score (nSPS) is 22.1. The number of rotatable bonds is 4. The molecule has 1 N–H and O–H groups in total. The Bertz CT molecular complexity index is 1230. The molecule has 0 radical (unpaired) electrons. The molecule has 0 aromatic heterocycles. The molecule has 33 heavy (non-hydrogen) atoms. The Morgan fingerprint density at radius 1 is 0.939 bits per heavy atom. The third-order valence-electron chi connectivity index (χ3n) is 6.03. The van der Waals surface area contributed by atoms with E-state index in [9.17, 15) is 14.7 Å². The van der Waals surface area contributed by atoms with Crippen molar-refractivity contribution in [2.45, 2.75) is 19.1 Å². The molecule has 3 aromatic carbocycles.